The molecule has 9 rings (SSSR count). The minimum absolute atomic E-state index is 0.186. The Labute approximate surface area is 305 Å². The SMILES string of the molecule is COc1ccc(-c2c3nc(c(-c4ccc(O)cc4)c4ccc([nH]4)c(-c4ccc(O)cc4)c4nc(c(-c5ccc(C)cc5)c5ccc2[nH]5)C=C4)C=C3)cc1. The molecule has 256 valence electrons. The van der Waals surface area contributed by atoms with Gasteiger partial charge in [0, 0.05) is 44.3 Å². The number of methoxy groups -OCH3 is 1. The molecule has 0 spiro atoms. The molecule has 4 aromatic carbocycles. The van der Waals surface area contributed by atoms with E-state index in [1.54, 1.807) is 31.4 Å². The topological polar surface area (TPSA) is 107 Å². The maximum Gasteiger partial charge on any atom is 0.118 e. The highest BCUT2D eigenvalue weighted by Gasteiger charge is 2.19. The lowest BCUT2D eigenvalue weighted by Crippen LogP contribution is -1.90. The Hall–Kier alpha value is -7.12. The first kappa shape index (κ1) is 31.8. The van der Waals surface area contributed by atoms with Gasteiger partial charge in [0.1, 0.15) is 17.2 Å². The lowest BCUT2D eigenvalue weighted by Gasteiger charge is -2.08. The molecule has 7 nitrogen and oxygen atoms in total. The van der Waals surface area contributed by atoms with Crippen molar-refractivity contribution in [2.75, 3.05) is 7.11 Å². The summed E-state index contributed by atoms with van der Waals surface area (Å²) in [7, 11) is 1.67. The first-order valence-electron chi connectivity index (χ1n) is 17.4. The van der Waals surface area contributed by atoms with Crippen molar-refractivity contribution >= 4 is 46.4 Å². The van der Waals surface area contributed by atoms with Crippen LogP contribution in [0.3, 0.4) is 0 Å². The third-order valence-electron chi connectivity index (χ3n) is 9.78. The van der Waals surface area contributed by atoms with Crippen LogP contribution in [-0.2, 0) is 0 Å². The number of rotatable bonds is 5. The summed E-state index contributed by atoms with van der Waals surface area (Å²) in [6, 6.07) is 39.3. The van der Waals surface area contributed by atoms with E-state index in [1.807, 2.05) is 42.5 Å². The third-order valence-corrected chi connectivity index (χ3v) is 9.78. The summed E-state index contributed by atoms with van der Waals surface area (Å²) in [4.78, 5) is 18.1. The van der Waals surface area contributed by atoms with E-state index in [-0.39, 0.29) is 11.5 Å². The number of aromatic amines is 2. The maximum atomic E-state index is 10.2. The molecule has 0 atom stereocenters. The van der Waals surface area contributed by atoms with E-state index in [1.165, 1.54) is 5.56 Å². The van der Waals surface area contributed by atoms with Crippen LogP contribution in [-0.4, -0.2) is 37.3 Å². The van der Waals surface area contributed by atoms with Gasteiger partial charge in [0.05, 0.1) is 29.9 Å². The molecule has 0 fully saturated rings. The Bertz CT molecular complexity index is 2710. The first-order chi connectivity index (χ1) is 25.9. The smallest absolute Gasteiger partial charge is 0.118 e. The monoisotopic (exact) mass is 690 g/mol. The van der Waals surface area contributed by atoms with Gasteiger partial charge in [-0.2, -0.15) is 0 Å². The Balaban J connectivity index is 1.46. The van der Waals surface area contributed by atoms with Crippen molar-refractivity contribution in [3.05, 3.63) is 150 Å². The predicted molar refractivity (Wildman–Crippen MR) is 215 cm³/mol. The molecule has 7 heteroatoms. The summed E-state index contributed by atoms with van der Waals surface area (Å²) < 4.78 is 5.50. The number of H-pyrrole nitrogens is 2. The van der Waals surface area contributed by atoms with E-state index < -0.39 is 0 Å². The zero-order valence-electron chi connectivity index (χ0n) is 29.1. The van der Waals surface area contributed by atoms with Gasteiger partial charge in [-0.05, 0) is 114 Å². The molecule has 4 N–H and O–H groups in total. The normalized spacial score (nSPS) is 12.0. The number of aromatic hydroxyl groups is 2. The second-order valence-corrected chi connectivity index (χ2v) is 13.2. The van der Waals surface area contributed by atoms with Crippen molar-refractivity contribution < 1.29 is 14.9 Å². The van der Waals surface area contributed by atoms with E-state index in [0.717, 1.165) is 95.1 Å². The number of ether oxygens (including phenoxy) is 1. The average molecular weight is 691 g/mol. The van der Waals surface area contributed by atoms with Crippen LogP contribution in [0.2, 0.25) is 0 Å². The number of nitrogens with zero attached hydrogens (tertiary/aromatic N) is 2. The van der Waals surface area contributed by atoms with E-state index >= 15 is 0 Å². The van der Waals surface area contributed by atoms with Crippen LogP contribution in [0, 0.1) is 6.92 Å². The molecule has 7 aromatic rings. The van der Waals surface area contributed by atoms with Crippen molar-refractivity contribution in [2.45, 2.75) is 6.92 Å². The van der Waals surface area contributed by atoms with Crippen molar-refractivity contribution in [1.29, 1.82) is 0 Å². The van der Waals surface area contributed by atoms with Gasteiger partial charge in [0.25, 0.3) is 0 Å². The van der Waals surface area contributed by atoms with Gasteiger partial charge in [-0.1, -0.05) is 66.2 Å². The fourth-order valence-corrected chi connectivity index (χ4v) is 7.15. The van der Waals surface area contributed by atoms with Gasteiger partial charge >= 0.3 is 0 Å². The number of aryl methyl sites for hydroxylation is 1. The van der Waals surface area contributed by atoms with Crippen LogP contribution in [0.25, 0.3) is 90.9 Å². The van der Waals surface area contributed by atoms with Crippen molar-refractivity contribution in [3.8, 4) is 61.8 Å². The molecule has 0 aliphatic carbocycles. The van der Waals surface area contributed by atoms with Gasteiger partial charge in [0.15, 0.2) is 0 Å². The van der Waals surface area contributed by atoms with Crippen LogP contribution in [0.4, 0.5) is 0 Å². The minimum Gasteiger partial charge on any atom is -0.508 e. The Morgan fingerprint density at radius 2 is 0.717 bits per heavy atom. The van der Waals surface area contributed by atoms with Crippen LogP contribution in [0.1, 0.15) is 28.3 Å². The Morgan fingerprint density at radius 3 is 1.04 bits per heavy atom. The van der Waals surface area contributed by atoms with Gasteiger partial charge in [0.2, 0.25) is 0 Å². The molecule has 0 saturated heterocycles. The summed E-state index contributed by atoms with van der Waals surface area (Å²) >= 11 is 0. The zero-order chi connectivity index (χ0) is 36.1. The summed E-state index contributed by atoms with van der Waals surface area (Å²) in [6.07, 6.45) is 8.22. The predicted octanol–water partition coefficient (Wildman–Crippen LogP) is 11.1. The maximum absolute atomic E-state index is 10.2. The molecule has 8 bridgehead atoms. The second kappa shape index (κ2) is 12.9. The number of benzene rings is 4. The Kier molecular flexibility index (Phi) is 7.74. The number of fused-ring (bicyclic) bond motifs is 8. The summed E-state index contributed by atoms with van der Waals surface area (Å²) in [5.74, 6) is 1.15. The lowest BCUT2D eigenvalue weighted by molar-refractivity contribution is 0.415. The fraction of sp³-hybridized carbons (Fsp3) is 0.0435. The minimum atomic E-state index is 0.186. The highest BCUT2D eigenvalue weighted by atomic mass is 16.5. The number of phenols is 2. The quantitative estimate of drug-likeness (QED) is 0.144. The average Bonchev–Trinajstić information content (AvgIpc) is 4.02. The second-order valence-electron chi connectivity index (χ2n) is 13.2. The van der Waals surface area contributed by atoms with Crippen LogP contribution >= 0.6 is 0 Å². The largest absolute Gasteiger partial charge is 0.508 e. The van der Waals surface area contributed by atoms with E-state index in [0.29, 0.717) is 0 Å². The number of phenolic OH excluding ortho intramolecular Hbond substituents is 2. The van der Waals surface area contributed by atoms with Gasteiger partial charge in [-0.3, -0.25) is 0 Å². The molecular weight excluding hydrogens is 657 g/mol. The van der Waals surface area contributed by atoms with Crippen molar-refractivity contribution in [3.63, 3.8) is 0 Å². The fourth-order valence-electron chi connectivity index (χ4n) is 7.15. The molecule has 53 heavy (non-hydrogen) atoms. The number of nitrogens with one attached hydrogen (secondary N) is 2. The Morgan fingerprint density at radius 1 is 0.415 bits per heavy atom. The molecule has 2 aliphatic rings. The molecule has 0 amide bonds. The zero-order valence-corrected chi connectivity index (χ0v) is 29.1. The van der Waals surface area contributed by atoms with Gasteiger partial charge in [-0.25, -0.2) is 9.97 Å². The third kappa shape index (κ3) is 5.84. The van der Waals surface area contributed by atoms with Gasteiger partial charge < -0.3 is 24.9 Å². The van der Waals surface area contributed by atoms with Crippen LogP contribution < -0.4 is 4.74 Å². The highest BCUT2D eigenvalue weighted by molar-refractivity contribution is 5.99. The van der Waals surface area contributed by atoms with E-state index in [4.69, 9.17) is 14.7 Å². The number of hydrogen-bond acceptors (Lipinski definition) is 5. The molecule has 0 radical (unpaired) electrons. The highest BCUT2D eigenvalue weighted by Crippen LogP contribution is 2.39. The first-order valence-corrected chi connectivity index (χ1v) is 17.4. The lowest BCUT2D eigenvalue weighted by atomic mass is 10.0. The van der Waals surface area contributed by atoms with E-state index in [2.05, 4.69) is 95.8 Å². The van der Waals surface area contributed by atoms with Gasteiger partial charge in [-0.15, -0.1) is 0 Å². The summed E-state index contributed by atoms with van der Waals surface area (Å²) in [5.41, 5.74) is 15.4. The molecule has 0 unspecified atom stereocenters. The summed E-state index contributed by atoms with van der Waals surface area (Å²) in [6.45, 7) is 2.09. The van der Waals surface area contributed by atoms with Crippen LogP contribution in [0.5, 0.6) is 17.2 Å². The van der Waals surface area contributed by atoms with Crippen molar-refractivity contribution in [1.82, 2.24) is 19.9 Å². The number of aromatic nitrogens is 4. The molecule has 0 saturated carbocycles. The van der Waals surface area contributed by atoms with Crippen LogP contribution in [0.15, 0.2) is 121 Å². The molecule has 5 heterocycles. The molecule has 3 aromatic heterocycles. The number of hydrogen-bond donors (Lipinski definition) is 4. The van der Waals surface area contributed by atoms with E-state index in [9.17, 15) is 10.2 Å². The molecular formula is C46H34N4O3. The van der Waals surface area contributed by atoms with Crippen molar-refractivity contribution in [2.24, 2.45) is 0 Å². The standard InChI is InChI=1S/C46H34N4O3/c1-27-3-5-28(6-4-27)43-35-19-21-37(47-35)44(29-7-13-32(51)14-8-29)38-22-23-39(49-38)45(30-9-15-33(52)16-10-30)40-24-26-42(50-40)46(41-25-20-36(43)48-41)31-11-17-34(53-2)18-12-31/h3-26,48-49,51-52H,1-2H3. The summed E-state index contributed by atoms with van der Waals surface area (Å²) in [5, 5.41) is 20.4. The molecule has 2 aliphatic heterocycles.